The van der Waals surface area contributed by atoms with E-state index in [0.29, 0.717) is 16.9 Å². The lowest BCUT2D eigenvalue weighted by Gasteiger charge is -2.11. The van der Waals surface area contributed by atoms with Gasteiger partial charge < -0.3 is 14.5 Å². The van der Waals surface area contributed by atoms with Gasteiger partial charge in [0.2, 0.25) is 19.7 Å². The van der Waals surface area contributed by atoms with Crippen molar-refractivity contribution in [3.05, 3.63) is 72.9 Å². The molecular formula is C22H19NO6S2. The largest absolute Gasteiger partial charge is 0.497 e. The highest BCUT2D eigenvalue weighted by Crippen LogP contribution is 2.34. The topological polar surface area (TPSA) is 103 Å². The first-order chi connectivity index (χ1) is 14.8. The van der Waals surface area contributed by atoms with Crippen molar-refractivity contribution < 1.29 is 26.3 Å². The van der Waals surface area contributed by atoms with E-state index in [1.54, 1.807) is 30.3 Å². The van der Waals surface area contributed by atoms with E-state index in [0.717, 1.165) is 0 Å². The standard InChI is InChI=1S/C22H19NO6S2/c1-28-15-3-7-17(8-4-15)30(24,25)20-11-12-21(22-19(20)13-14-23-22)31(26,27)18-9-5-16(29-2)6-10-18/h3-14,23H,1-2H3. The zero-order valence-electron chi connectivity index (χ0n) is 16.7. The first-order valence-electron chi connectivity index (χ1n) is 9.17. The van der Waals surface area contributed by atoms with Gasteiger partial charge >= 0.3 is 0 Å². The number of fused-ring (bicyclic) bond motifs is 1. The third-order valence-electron chi connectivity index (χ3n) is 4.96. The predicted molar refractivity (Wildman–Crippen MR) is 115 cm³/mol. The third kappa shape index (κ3) is 3.55. The Hall–Kier alpha value is -3.30. The Labute approximate surface area is 180 Å². The molecule has 0 amide bonds. The molecule has 160 valence electrons. The van der Waals surface area contributed by atoms with E-state index < -0.39 is 19.7 Å². The van der Waals surface area contributed by atoms with Crippen molar-refractivity contribution in [3.8, 4) is 11.5 Å². The molecule has 3 aromatic carbocycles. The van der Waals surface area contributed by atoms with E-state index in [9.17, 15) is 16.8 Å². The van der Waals surface area contributed by atoms with Crippen LogP contribution in [0.25, 0.3) is 10.9 Å². The maximum absolute atomic E-state index is 13.2. The summed E-state index contributed by atoms with van der Waals surface area (Å²) in [4.78, 5) is 3.05. The molecule has 0 aliphatic carbocycles. The van der Waals surface area contributed by atoms with E-state index in [4.69, 9.17) is 9.47 Å². The minimum absolute atomic E-state index is 0.00801. The molecule has 9 heteroatoms. The number of ether oxygens (including phenoxy) is 2. The van der Waals surface area contributed by atoms with E-state index in [1.807, 2.05) is 0 Å². The second kappa shape index (κ2) is 7.75. The number of hydrogen-bond acceptors (Lipinski definition) is 6. The monoisotopic (exact) mass is 457 g/mol. The molecular weight excluding hydrogens is 438 g/mol. The molecule has 31 heavy (non-hydrogen) atoms. The fourth-order valence-corrected chi connectivity index (χ4v) is 6.21. The molecule has 1 N–H and O–H groups in total. The number of benzene rings is 3. The van der Waals surface area contributed by atoms with Gasteiger partial charge in [-0.25, -0.2) is 16.8 Å². The van der Waals surface area contributed by atoms with Crippen molar-refractivity contribution in [2.24, 2.45) is 0 Å². The number of aromatic amines is 1. The molecule has 4 aromatic rings. The molecule has 0 atom stereocenters. The van der Waals surface area contributed by atoms with Crippen LogP contribution in [0, 0.1) is 0 Å². The Morgan fingerprint density at radius 2 is 1.06 bits per heavy atom. The third-order valence-corrected chi connectivity index (χ3v) is 8.60. The Bertz CT molecular complexity index is 1340. The van der Waals surface area contributed by atoms with E-state index in [2.05, 4.69) is 4.98 Å². The normalized spacial score (nSPS) is 12.1. The van der Waals surface area contributed by atoms with Gasteiger partial charge in [0.25, 0.3) is 0 Å². The SMILES string of the molecule is COc1ccc(S(=O)(=O)c2ccc(S(=O)(=O)c3ccc(OC)cc3)c3[nH]ccc23)cc1. The Morgan fingerprint density at radius 1 is 0.613 bits per heavy atom. The van der Waals surface area contributed by atoms with Crippen LogP contribution in [0.3, 0.4) is 0 Å². The number of rotatable bonds is 6. The smallest absolute Gasteiger partial charge is 0.208 e. The van der Waals surface area contributed by atoms with Gasteiger partial charge in [-0.05, 0) is 66.7 Å². The van der Waals surface area contributed by atoms with Crippen molar-refractivity contribution in [3.63, 3.8) is 0 Å². The van der Waals surface area contributed by atoms with Crippen LogP contribution in [0.5, 0.6) is 11.5 Å². The van der Waals surface area contributed by atoms with Gasteiger partial charge in [-0.1, -0.05) is 0 Å². The summed E-state index contributed by atoms with van der Waals surface area (Å²) in [7, 11) is -4.79. The van der Waals surface area contributed by atoms with Gasteiger partial charge in [0.15, 0.2) is 0 Å². The summed E-state index contributed by atoms with van der Waals surface area (Å²) in [6, 6.07) is 16.2. The number of aromatic nitrogens is 1. The molecule has 0 spiro atoms. The Morgan fingerprint density at radius 3 is 1.55 bits per heavy atom. The van der Waals surface area contributed by atoms with Gasteiger partial charge in [0.1, 0.15) is 11.5 Å². The van der Waals surface area contributed by atoms with Crippen molar-refractivity contribution in [2.75, 3.05) is 14.2 Å². The summed E-state index contributed by atoms with van der Waals surface area (Å²) in [6.45, 7) is 0. The van der Waals surface area contributed by atoms with Crippen molar-refractivity contribution in [1.29, 1.82) is 0 Å². The molecule has 0 fully saturated rings. The molecule has 0 aliphatic rings. The fourth-order valence-electron chi connectivity index (χ4n) is 3.33. The minimum Gasteiger partial charge on any atom is -0.497 e. The van der Waals surface area contributed by atoms with E-state index in [1.165, 1.54) is 56.8 Å². The molecule has 4 rings (SSSR count). The summed E-state index contributed by atoms with van der Waals surface area (Å²) < 4.78 is 63.1. The average molecular weight is 458 g/mol. The second-order valence-corrected chi connectivity index (χ2v) is 10.5. The van der Waals surface area contributed by atoms with E-state index in [-0.39, 0.29) is 25.1 Å². The molecule has 0 unspecified atom stereocenters. The van der Waals surface area contributed by atoms with Crippen LogP contribution in [0.15, 0.2) is 92.5 Å². The number of nitrogens with one attached hydrogen (secondary N) is 1. The van der Waals surface area contributed by atoms with Gasteiger partial charge in [0.05, 0.1) is 39.3 Å². The Kier molecular flexibility index (Phi) is 5.24. The van der Waals surface area contributed by atoms with Crippen molar-refractivity contribution in [1.82, 2.24) is 4.98 Å². The molecule has 1 aromatic heterocycles. The van der Waals surface area contributed by atoms with Crippen molar-refractivity contribution in [2.45, 2.75) is 19.6 Å². The molecule has 0 saturated heterocycles. The highest BCUT2D eigenvalue weighted by Gasteiger charge is 2.26. The molecule has 0 saturated carbocycles. The lowest BCUT2D eigenvalue weighted by atomic mass is 10.2. The molecule has 0 aliphatic heterocycles. The van der Waals surface area contributed by atoms with Gasteiger partial charge in [-0.3, -0.25) is 0 Å². The maximum Gasteiger partial charge on any atom is 0.208 e. The quantitative estimate of drug-likeness (QED) is 0.472. The zero-order chi connectivity index (χ0) is 22.2. The van der Waals surface area contributed by atoms with Crippen LogP contribution in [0.1, 0.15) is 0 Å². The van der Waals surface area contributed by atoms with Gasteiger partial charge in [-0.15, -0.1) is 0 Å². The summed E-state index contributed by atoms with van der Waals surface area (Å²) >= 11 is 0. The predicted octanol–water partition coefficient (Wildman–Crippen LogP) is 3.85. The highest BCUT2D eigenvalue weighted by atomic mass is 32.2. The zero-order valence-corrected chi connectivity index (χ0v) is 18.3. The van der Waals surface area contributed by atoms with Crippen LogP contribution in [0.2, 0.25) is 0 Å². The fraction of sp³-hybridized carbons (Fsp3) is 0.0909. The minimum atomic E-state index is -3.89. The highest BCUT2D eigenvalue weighted by molar-refractivity contribution is 7.92. The van der Waals surface area contributed by atoms with Crippen LogP contribution >= 0.6 is 0 Å². The summed E-state index contributed by atoms with van der Waals surface area (Å²) in [6.07, 6.45) is 1.52. The molecule has 1 heterocycles. The van der Waals surface area contributed by atoms with Crippen LogP contribution in [-0.2, 0) is 19.7 Å². The average Bonchev–Trinajstić information content (AvgIpc) is 3.28. The van der Waals surface area contributed by atoms with Crippen LogP contribution < -0.4 is 9.47 Å². The number of H-pyrrole nitrogens is 1. The number of sulfone groups is 2. The number of methoxy groups -OCH3 is 2. The van der Waals surface area contributed by atoms with Crippen LogP contribution in [-0.4, -0.2) is 36.0 Å². The lowest BCUT2D eigenvalue weighted by molar-refractivity contribution is 0.414. The second-order valence-electron chi connectivity index (χ2n) is 6.69. The summed E-state index contributed by atoms with van der Waals surface area (Å²) in [5.74, 6) is 1.07. The van der Waals surface area contributed by atoms with E-state index >= 15 is 0 Å². The van der Waals surface area contributed by atoms with Crippen molar-refractivity contribution >= 4 is 30.6 Å². The molecule has 7 nitrogen and oxygen atoms in total. The molecule has 0 bridgehead atoms. The van der Waals surface area contributed by atoms with Gasteiger partial charge in [-0.2, -0.15) is 0 Å². The number of hydrogen-bond donors (Lipinski definition) is 1. The first-order valence-corrected chi connectivity index (χ1v) is 12.1. The maximum atomic E-state index is 13.2. The lowest BCUT2D eigenvalue weighted by Crippen LogP contribution is -2.06. The van der Waals surface area contributed by atoms with Gasteiger partial charge in [0, 0.05) is 11.6 Å². The first kappa shape index (κ1) is 21.0. The van der Waals surface area contributed by atoms with Crippen LogP contribution in [0.4, 0.5) is 0 Å². The Balaban J connectivity index is 1.85. The summed E-state index contributed by atoms with van der Waals surface area (Å²) in [5, 5.41) is 0.297. The summed E-state index contributed by atoms with van der Waals surface area (Å²) in [5.41, 5.74) is 0.227. The molecule has 0 radical (unpaired) electrons.